The molecule has 0 bridgehead atoms. The van der Waals surface area contributed by atoms with Gasteiger partial charge in [0.2, 0.25) is 10.0 Å². The summed E-state index contributed by atoms with van der Waals surface area (Å²) in [5.74, 6) is 0.184. The van der Waals surface area contributed by atoms with Crippen molar-refractivity contribution in [2.24, 2.45) is 0 Å². The number of nitrogens with one attached hydrogen (secondary N) is 1. The zero-order valence-electron chi connectivity index (χ0n) is 17.4. The van der Waals surface area contributed by atoms with Gasteiger partial charge in [-0.05, 0) is 53.4 Å². The molecule has 6 heteroatoms. The fraction of sp³-hybridized carbons (Fsp3) is 0.208. The van der Waals surface area contributed by atoms with Crippen LogP contribution in [0.2, 0.25) is 0 Å². The van der Waals surface area contributed by atoms with Gasteiger partial charge in [0.1, 0.15) is 0 Å². The van der Waals surface area contributed by atoms with Crippen molar-refractivity contribution >= 4 is 27.3 Å². The van der Waals surface area contributed by atoms with Crippen molar-refractivity contribution in [1.29, 1.82) is 0 Å². The Balaban J connectivity index is 1.75. The number of amides is 1. The molecule has 0 heterocycles. The van der Waals surface area contributed by atoms with Gasteiger partial charge in [-0.15, -0.1) is 0 Å². The van der Waals surface area contributed by atoms with Crippen LogP contribution in [0.4, 0.5) is 11.4 Å². The summed E-state index contributed by atoms with van der Waals surface area (Å²) in [4.78, 5) is 12.6. The first kappa shape index (κ1) is 21.6. The van der Waals surface area contributed by atoms with Crippen molar-refractivity contribution in [3.63, 3.8) is 0 Å². The number of rotatable bonds is 7. The third-order valence-electron chi connectivity index (χ3n) is 4.82. The van der Waals surface area contributed by atoms with Crippen molar-refractivity contribution in [3.8, 4) is 0 Å². The molecule has 0 saturated heterocycles. The predicted molar refractivity (Wildman–Crippen MR) is 122 cm³/mol. The number of carbonyl (C=O) groups is 1. The van der Waals surface area contributed by atoms with Crippen LogP contribution in [0.3, 0.4) is 0 Å². The summed E-state index contributed by atoms with van der Waals surface area (Å²) in [7, 11) is -3.48. The van der Waals surface area contributed by atoms with Gasteiger partial charge in [0.15, 0.2) is 0 Å². The van der Waals surface area contributed by atoms with E-state index in [1.807, 2.05) is 54.6 Å². The van der Waals surface area contributed by atoms with Crippen LogP contribution in [0, 0.1) is 0 Å². The standard InChI is InChI=1S/C24H26N2O3S/c1-18(2)20-9-13-22(14-10-20)25-24(27)21-11-15-23(16-12-21)26(30(3,28)29)17-19-7-5-4-6-8-19/h4-16,18H,17H2,1-3H3,(H,25,27). The van der Waals surface area contributed by atoms with E-state index in [4.69, 9.17) is 0 Å². The molecule has 1 N–H and O–H groups in total. The number of hydrogen-bond donors (Lipinski definition) is 1. The van der Waals surface area contributed by atoms with Crippen LogP contribution < -0.4 is 9.62 Å². The van der Waals surface area contributed by atoms with Crippen LogP contribution in [-0.4, -0.2) is 20.6 Å². The van der Waals surface area contributed by atoms with Crippen LogP contribution in [0.15, 0.2) is 78.9 Å². The molecule has 30 heavy (non-hydrogen) atoms. The van der Waals surface area contributed by atoms with E-state index in [2.05, 4.69) is 19.2 Å². The molecule has 0 radical (unpaired) electrons. The Hall–Kier alpha value is -3.12. The first-order valence-corrected chi connectivity index (χ1v) is 11.6. The van der Waals surface area contributed by atoms with E-state index < -0.39 is 10.0 Å². The van der Waals surface area contributed by atoms with Crippen LogP contribution in [0.1, 0.15) is 41.3 Å². The molecule has 1 amide bonds. The van der Waals surface area contributed by atoms with E-state index in [-0.39, 0.29) is 12.5 Å². The molecular weight excluding hydrogens is 396 g/mol. The average Bonchev–Trinajstić information content (AvgIpc) is 2.72. The maximum atomic E-state index is 12.6. The molecule has 0 unspecified atom stereocenters. The van der Waals surface area contributed by atoms with Gasteiger partial charge in [-0.3, -0.25) is 9.10 Å². The summed E-state index contributed by atoms with van der Waals surface area (Å²) in [5, 5.41) is 2.87. The SMILES string of the molecule is CC(C)c1ccc(NC(=O)c2ccc(N(Cc3ccccc3)S(C)(=O)=O)cc2)cc1. The lowest BCUT2D eigenvalue weighted by Gasteiger charge is -2.22. The first-order valence-electron chi connectivity index (χ1n) is 9.77. The molecule has 0 atom stereocenters. The van der Waals surface area contributed by atoms with Gasteiger partial charge in [0.05, 0.1) is 18.5 Å². The zero-order chi connectivity index (χ0) is 21.7. The largest absolute Gasteiger partial charge is 0.322 e. The molecule has 0 aromatic heterocycles. The molecule has 0 aliphatic carbocycles. The Kier molecular flexibility index (Phi) is 6.57. The minimum Gasteiger partial charge on any atom is -0.322 e. The van der Waals surface area contributed by atoms with Gasteiger partial charge < -0.3 is 5.32 Å². The number of anilines is 2. The van der Waals surface area contributed by atoms with E-state index in [1.54, 1.807) is 24.3 Å². The number of carbonyl (C=O) groups excluding carboxylic acids is 1. The van der Waals surface area contributed by atoms with Crippen molar-refractivity contribution in [3.05, 3.63) is 95.6 Å². The Morgan fingerprint density at radius 2 is 1.50 bits per heavy atom. The quantitative estimate of drug-likeness (QED) is 0.581. The fourth-order valence-electron chi connectivity index (χ4n) is 3.08. The molecule has 156 valence electrons. The molecule has 0 saturated carbocycles. The Morgan fingerprint density at radius 3 is 2.03 bits per heavy atom. The monoisotopic (exact) mass is 422 g/mol. The zero-order valence-corrected chi connectivity index (χ0v) is 18.2. The van der Waals surface area contributed by atoms with E-state index in [1.165, 1.54) is 16.1 Å². The molecule has 3 aromatic rings. The first-order chi connectivity index (χ1) is 14.2. The number of benzene rings is 3. The summed E-state index contributed by atoms with van der Waals surface area (Å²) >= 11 is 0. The minimum absolute atomic E-state index is 0.230. The van der Waals surface area contributed by atoms with Crippen LogP contribution in [0.5, 0.6) is 0 Å². The maximum Gasteiger partial charge on any atom is 0.255 e. The van der Waals surface area contributed by atoms with Gasteiger partial charge in [-0.25, -0.2) is 8.42 Å². The molecular formula is C24H26N2O3S. The normalized spacial score (nSPS) is 11.3. The third-order valence-corrected chi connectivity index (χ3v) is 5.96. The Bertz CT molecular complexity index is 1090. The van der Waals surface area contributed by atoms with Crippen molar-refractivity contribution < 1.29 is 13.2 Å². The highest BCUT2D eigenvalue weighted by Gasteiger charge is 2.18. The van der Waals surface area contributed by atoms with Crippen molar-refractivity contribution in [2.45, 2.75) is 26.3 Å². The molecule has 0 aliphatic heterocycles. The summed E-state index contributed by atoms with van der Waals surface area (Å²) in [5.41, 5.74) is 3.78. The van der Waals surface area contributed by atoms with Crippen LogP contribution in [-0.2, 0) is 16.6 Å². The van der Waals surface area contributed by atoms with Gasteiger partial charge in [0, 0.05) is 11.3 Å². The summed E-state index contributed by atoms with van der Waals surface area (Å²) in [6.07, 6.45) is 1.18. The van der Waals surface area contributed by atoms with Crippen molar-refractivity contribution in [2.75, 3.05) is 15.9 Å². The van der Waals surface area contributed by atoms with Gasteiger partial charge in [-0.1, -0.05) is 56.3 Å². The van der Waals surface area contributed by atoms with Crippen LogP contribution in [0.25, 0.3) is 0 Å². The minimum atomic E-state index is -3.48. The summed E-state index contributed by atoms with van der Waals surface area (Å²) < 4.78 is 26.0. The van der Waals surface area contributed by atoms with E-state index >= 15 is 0 Å². The average molecular weight is 423 g/mol. The lowest BCUT2D eigenvalue weighted by Crippen LogP contribution is -2.29. The number of sulfonamides is 1. The second-order valence-corrected chi connectivity index (χ2v) is 9.44. The van der Waals surface area contributed by atoms with E-state index in [9.17, 15) is 13.2 Å². The molecule has 5 nitrogen and oxygen atoms in total. The second-order valence-electron chi connectivity index (χ2n) is 7.53. The van der Waals surface area contributed by atoms with Crippen molar-refractivity contribution in [1.82, 2.24) is 0 Å². The van der Waals surface area contributed by atoms with Gasteiger partial charge >= 0.3 is 0 Å². The highest BCUT2D eigenvalue weighted by atomic mass is 32.2. The topological polar surface area (TPSA) is 66.5 Å². The Labute approximate surface area is 178 Å². The summed E-state index contributed by atoms with van der Waals surface area (Å²) in [6, 6.07) is 23.7. The number of hydrogen-bond acceptors (Lipinski definition) is 3. The highest BCUT2D eigenvalue weighted by Crippen LogP contribution is 2.22. The molecule has 0 fully saturated rings. The van der Waals surface area contributed by atoms with E-state index in [0.29, 0.717) is 17.2 Å². The maximum absolute atomic E-state index is 12.6. The smallest absolute Gasteiger partial charge is 0.255 e. The summed E-state index contributed by atoms with van der Waals surface area (Å²) in [6.45, 7) is 4.47. The fourth-order valence-corrected chi connectivity index (χ4v) is 3.97. The Morgan fingerprint density at radius 1 is 0.900 bits per heavy atom. The highest BCUT2D eigenvalue weighted by molar-refractivity contribution is 7.92. The molecule has 3 rings (SSSR count). The predicted octanol–water partition coefficient (Wildman–Crippen LogP) is 5.03. The lowest BCUT2D eigenvalue weighted by atomic mass is 10.0. The molecule has 0 aliphatic rings. The third kappa shape index (κ3) is 5.48. The lowest BCUT2D eigenvalue weighted by molar-refractivity contribution is 0.102. The van der Waals surface area contributed by atoms with Gasteiger partial charge in [0.25, 0.3) is 5.91 Å². The molecule has 0 spiro atoms. The van der Waals surface area contributed by atoms with Crippen LogP contribution >= 0.6 is 0 Å². The van der Waals surface area contributed by atoms with Gasteiger partial charge in [-0.2, -0.15) is 0 Å². The molecule has 3 aromatic carbocycles. The second kappa shape index (κ2) is 9.13. The van der Waals surface area contributed by atoms with E-state index in [0.717, 1.165) is 11.3 Å². The number of nitrogens with zero attached hydrogens (tertiary/aromatic N) is 1.